The molecule has 1 atom stereocenters. The van der Waals surface area contributed by atoms with Crippen LogP contribution < -0.4 is 9.47 Å². The smallest absolute Gasteiger partial charge is 0.295 e. The Morgan fingerprint density at radius 2 is 1.73 bits per heavy atom. The van der Waals surface area contributed by atoms with Gasteiger partial charge in [-0.25, -0.2) is 0 Å². The van der Waals surface area contributed by atoms with E-state index in [1.54, 1.807) is 61.7 Å². The van der Waals surface area contributed by atoms with E-state index < -0.39 is 17.7 Å². The fourth-order valence-corrected chi connectivity index (χ4v) is 3.50. The number of likely N-dealkylation sites (tertiary alicyclic amines) is 1. The molecular formula is C24H25NO5. The third kappa shape index (κ3) is 4.08. The minimum absolute atomic E-state index is 0.0818. The van der Waals surface area contributed by atoms with E-state index in [0.29, 0.717) is 36.6 Å². The van der Waals surface area contributed by atoms with Crippen molar-refractivity contribution in [3.63, 3.8) is 0 Å². The van der Waals surface area contributed by atoms with Crippen LogP contribution in [0.25, 0.3) is 5.76 Å². The van der Waals surface area contributed by atoms with E-state index in [2.05, 4.69) is 6.58 Å². The van der Waals surface area contributed by atoms with Crippen LogP contribution in [-0.4, -0.2) is 42.0 Å². The van der Waals surface area contributed by atoms with Crippen LogP contribution in [-0.2, 0) is 9.59 Å². The zero-order valence-corrected chi connectivity index (χ0v) is 17.1. The number of ketones is 1. The van der Waals surface area contributed by atoms with E-state index in [4.69, 9.17) is 9.47 Å². The zero-order chi connectivity index (χ0) is 21.7. The van der Waals surface area contributed by atoms with Crippen LogP contribution in [0.2, 0.25) is 0 Å². The molecule has 0 radical (unpaired) electrons. The highest BCUT2D eigenvalue weighted by atomic mass is 16.5. The van der Waals surface area contributed by atoms with Crippen molar-refractivity contribution in [1.82, 2.24) is 4.90 Å². The van der Waals surface area contributed by atoms with Crippen LogP contribution in [0.1, 0.15) is 30.5 Å². The Morgan fingerprint density at radius 1 is 1.10 bits per heavy atom. The van der Waals surface area contributed by atoms with Gasteiger partial charge >= 0.3 is 0 Å². The largest absolute Gasteiger partial charge is 0.507 e. The average molecular weight is 407 g/mol. The average Bonchev–Trinajstić information content (AvgIpc) is 3.03. The molecule has 0 bridgehead atoms. The first-order valence-corrected chi connectivity index (χ1v) is 9.78. The summed E-state index contributed by atoms with van der Waals surface area (Å²) in [7, 11) is 1.57. The molecule has 30 heavy (non-hydrogen) atoms. The van der Waals surface area contributed by atoms with E-state index in [1.165, 1.54) is 4.90 Å². The van der Waals surface area contributed by atoms with Crippen molar-refractivity contribution >= 4 is 17.4 Å². The summed E-state index contributed by atoms with van der Waals surface area (Å²) in [4.78, 5) is 27.1. The van der Waals surface area contributed by atoms with Gasteiger partial charge in [0.15, 0.2) is 0 Å². The summed E-state index contributed by atoms with van der Waals surface area (Å²) in [6.45, 7) is 6.32. The van der Waals surface area contributed by atoms with Crippen molar-refractivity contribution in [3.05, 3.63) is 77.9 Å². The second-order valence-corrected chi connectivity index (χ2v) is 6.89. The van der Waals surface area contributed by atoms with Gasteiger partial charge in [-0.05, 0) is 48.4 Å². The minimum Gasteiger partial charge on any atom is -0.507 e. The SMILES string of the molecule is C=CCOc1ccc(/C(O)=C2\C(=O)C(=O)N(CCC)C2c2ccc(OC)cc2)cc1. The monoisotopic (exact) mass is 407 g/mol. The molecule has 0 aromatic heterocycles. The predicted molar refractivity (Wildman–Crippen MR) is 114 cm³/mol. The Bertz CT molecular complexity index is 960. The van der Waals surface area contributed by atoms with Gasteiger partial charge in [0, 0.05) is 12.1 Å². The molecule has 1 N–H and O–H groups in total. The number of aliphatic hydroxyl groups is 1. The number of ether oxygens (including phenoxy) is 2. The van der Waals surface area contributed by atoms with Crippen molar-refractivity contribution in [1.29, 1.82) is 0 Å². The Balaban J connectivity index is 2.06. The minimum atomic E-state index is -0.686. The number of hydrogen-bond acceptors (Lipinski definition) is 5. The lowest BCUT2D eigenvalue weighted by molar-refractivity contribution is -0.139. The van der Waals surface area contributed by atoms with Gasteiger partial charge in [-0.2, -0.15) is 0 Å². The molecule has 1 fully saturated rings. The first-order chi connectivity index (χ1) is 14.5. The third-order valence-corrected chi connectivity index (χ3v) is 4.93. The fourth-order valence-electron chi connectivity index (χ4n) is 3.50. The highest BCUT2D eigenvalue weighted by molar-refractivity contribution is 6.46. The number of Topliss-reactive ketones (excluding diaryl/α,β-unsaturated/α-hetero) is 1. The van der Waals surface area contributed by atoms with Gasteiger partial charge < -0.3 is 19.5 Å². The Labute approximate surface area is 176 Å². The summed E-state index contributed by atoms with van der Waals surface area (Å²) in [5, 5.41) is 11.0. The molecule has 3 rings (SSSR count). The highest BCUT2D eigenvalue weighted by Crippen LogP contribution is 2.40. The summed E-state index contributed by atoms with van der Waals surface area (Å²) in [6.07, 6.45) is 2.33. The van der Waals surface area contributed by atoms with E-state index >= 15 is 0 Å². The summed E-state index contributed by atoms with van der Waals surface area (Å²) in [6, 6.07) is 13.2. The fraction of sp³-hybridized carbons (Fsp3) is 0.250. The molecule has 1 heterocycles. The van der Waals surface area contributed by atoms with Crippen molar-refractivity contribution in [2.45, 2.75) is 19.4 Å². The van der Waals surface area contributed by atoms with Crippen LogP contribution >= 0.6 is 0 Å². The number of nitrogens with zero attached hydrogens (tertiary/aromatic N) is 1. The van der Waals surface area contributed by atoms with E-state index in [1.807, 2.05) is 6.92 Å². The molecule has 1 unspecified atom stereocenters. The molecule has 6 nitrogen and oxygen atoms in total. The van der Waals surface area contributed by atoms with Gasteiger partial charge in [-0.3, -0.25) is 9.59 Å². The van der Waals surface area contributed by atoms with Gasteiger partial charge in [0.2, 0.25) is 0 Å². The second kappa shape index (κ2) is 9.31. The molecule has 0 saturated carbocycles. The van der Waals surface area contributed by atoms with E-state index in [9.17, 15) is 14.7 Å². The van der Waals surface area contributed by atoms with Crippen molar-refractivity contribution in [2.24, 2.45) is 0 Å². The maximum Gasteiger partial charge on any atom is 0.295 e. The number of carbonyl (C=O) groups excluding carboxylic acids is 2. The summed E-state index contributed by atoms with van der Waals surface area (Å²) < 4.78 is 10.7. The number of carbonyl (C=O) groups is 2. The van der Waals surface area contributed by atoms with Crippen LogP contribution in [0, 0.1) is 0 Å². The number of amides is 1. The van der Waals surface area contributed by atoms with Crippen molar-refractivity contribution < 1.29 is 24.2 Å². The lowest BCUT2D eigenvalue weighted by Gasteiger charge is -2.25. The van der Waals surface area contributed by atoms with E-state index in [-0.39, 0.29) is 11.3 Å². The molecule has 0 spiro atoms. The zero-order valence-electron chi connectivity index (χ0n) is 17.1. The summed E-state index contributed by atoms with van der Waals surface area (Å²) in [5.74, 6) is -0.215. The molecule has 1 aliphatic heterocycles. The van der Waals surface area contributed by atoms with Crippen LogP contribution in [0.3, 0.4) is 0 Å². The normalized spacial score (nSPS) is 17.8. The third-order valence-electron chi connectivity index (χ3n) is 4.93. The van der Waals surface area contributed by atoms with Gasteiger partial charge in [0.05, 0.1) is 18.7 Å². The van der Waals surface area contributed by atoms with Gasteiger partial charge in [0.25, 0.3) is 11.7 Å². The second-order valence-electron chi connectivity index (χ2n) is 6.89. The maximum absolute atomic E-state index is 12.9. The molecule has 156 valence electrons. The lowest BCUT2D eigenvalue weighted by atomic mass is 9.95. The summed E-state index contributed by atoms with van der Waals surface area (Å²) >= 11 is 0. The topological polar surface area (TPSA) is 76.1 Å². The number of hydrogen-bond donors (Lipinski definition) is 1. The highest BCUT2D eigenvalue weighted by Gasteiger charge is 2.45. The Morgan fingerprint density at radius 3 is 2.30 bits per heavy atom. The van der Waals surface area contributed by atoms with Crippen molar-refractivity contribution in [2.75, 3.05) is 20.3 Å². The molecule has 2 aromatic carbocycles. The standard InChI is InChI=1S/C24H25NO5/c1-4-14-25-21(16-6-10-18(29-3)11-7-16)20(23(27)24(25)28)22(26)17-8-12-19(13-9-17)30-15-5-2/h5-13,21,26H,2,4,14-15H2,1,3H3/b22-20+. The Hall–Kier alpha value is -3.54. The number of aliphatic hydroxyl groups excluding tert-OH is 1. The van der Waals surface area contributed by atoms with Gasteiger partial charge in [0.1, 0.15) is 23.9 Å². The number of benzene rings is 2. The van der Waals surface area contributed by atoms with E-state index in [0.717, 1.165) is 5.56 Å². The van der Waals surface area contributed by atoms with Crippen LogP contribution in [0.15, 0.2) is 66.8 Å². The molecular weight excluding hydrogens is 382 g/mol. The molecule has 2 aromatic rings. The quantitative estimate of drug-likeness (QED) is 0.309. The Kier molecular flexibility index (Phi) is 6.57. The van der Waals surface area contributed by atoms with Crippen LogP contribution in [0.4, 0.5) is 0 Å². The lowest BCUT2D eigenvalue weighted by Crippen LogP contribution is -2.30. The maximum atomic E-state index is 12.9. The number of methoxy groups -OCH3 is 1. The molecule has 1 aliphatic rings. The summed E-state index contributed by atoms with van der Waals surface area (Å²) in [5.41, 5.74) is 1.25. The molecule has 6 heteroatoms. The van der Waals surface area contributed by atoms with Gasteiger partial charge in [-0.1, -0.05) is 31.7 Å². The van der Waals surface area contributed by atoms with Crippen molar-refractivity contribution in [3.8, 4) is 11.5 Å². The molecule has 0 aliphatic carbocycles. The van der Waals surface area contributed by atoms with Crippen LogP contribution in [0.5, 0.6) is 11.5 Å². The first-order valence-electron chi connectivity index (χ1n) is 9.78. The number of rotatable bonds is 8. The van der Waals surface area contributed by atoms with Gasteiger partial charge in [-0.15, -0.1) is 0 Å². The predicted octanol–water partition coefficient (Wildman–Crippen LogP) is 4.09. The molecule has 1 amide bonds. The molecule has 1 saturated heterocycles. The first kappa shape index (κ1) is 21.2.